The smallest absolute Gasteiger partial charge is 0.253 e. The summed E-state index contributed by atoms with van der Waals surface area (Å²) in [7, 11) is 1.62. The molecule has 1 unspecified atom stereocenters. The van der Waals surface area contributed by atoms with Crippen molar-refractivity contribution in [3.8, 4) is 0 Å². The van der Waals surface area contributed by atoms with Crippen LogP contribution in [0.15, 0.2) is 53.5 Å². The SMILES string of the molecule is CC(CNc1ccccc1)NC(=O)c1ccc(=O)n(C)c1. The van der Waals surface area contributed by atoms with Gasteiger partial charge in [0, 0.05) is 37.6 Å². The number of carbonyl (C=O) groups is 1. The van der Waals surface area contributed by atoms with E-state index in [0.29, 0.717) is 12.1 Å². The zero-order chi connectivity index (χ0) is 15.2. The minimum absolute atomic E-state index is 0.0325. The standard InChI is InChI=1S/C16H19N3O2/c1-12(10-17-14-6-4-3-5-7-14)18-16(21)13-8-9-15(20)19(2)11-13/h3-9,11-12,17H,10H2,1-2H3,(H,18,21). The predicted octanol–water partition coefficient (Wildman–Crippen LogP) is 1.62. The Morgan fingerprint density at radius 2 is 1.90 bits per heavy atom. The summed E-state index contributed by atoms with van der Waals surface area (Å²) in [5.41, 5.74) is 1.36. The van der Waals surface area contributed by atoms with E-state index in [9.17, 15) is 9.59 Å². The monoisotopic (exact) mass is 285 g/mol. The summed E-state index contributed by atoms with van der Waals surface area (Å²) in [6.07, 6.45) is 1.54. The van der Waals surface area contributed by atoms with E-state index in [-0.39, 0.29) is 17.5 Å². The van der Waals surface area contributed by atoms with Crippen LogP contribution in [0.25, 0.3) is 0 Å². The molecule has 5 heteroatoms. The number of aryl methyl sites for hydroxylation is 1. The molecule has 0 aliphatic rings. The second-order valence-electron chi connectivity index (χ2n) is 4.99. The minimum atomic E-state index is -0.187. The van der Waals surface area contributed by atoms with Crippen LogP contribution in [0.5, 0.6) is 0 Å². The molecule has 0 bridgehead atoms. The number of para-hydroxylation sites is 1. The highest BCUT2D eigenvalue weighted by Gasteiger charge is 2.10. The predicted molar refractivity (Wildman–Crippen MR) is 83.5 cm³/mol. The lowest BCUT2D eigenvalue weighted by atomic mass is 10.2. The second kappa shape index (κ2) is 6.74. The zero-order valence-electron chi connectivity index (χ0n) is 12.2. The summed E-state index contributed by atoms with van der Waals surface area (Å²) in [4.78, 5) is 23.4. The number of amides is 1. The molecule has 21 heavy (non-hydrogen) atoms. The molecule has 1 atom stereocenters. The molecule has 1 heterocycles. The fourth-order valence-corrected chi connectivity index (χ4v) is 1.91. The molecular formula is C16H19N3O2. The number of nitrogens with zero attached hydrogens (tertiary/aromatic N) is 1. The highest BCUT2D eigenvalue weighted by atomic mass is 16.2. The third kappa shape index (κ3) is 4.21. The molecule has 0 radical (unpaired) electrons. The molecular weight excluding hydrogens is 266 g/mol. The largest absolute Gasteiger partial charge is 0.383 e. The molecule has 1 aromatic carbocycles. The van der Waals surface area contributed by atoms with Crippen molar-refractivity contribution in [3.63, 3.8) is 0 Å². The summed E-state index contributed by atoms with van der Waals surface area (Å²) < 4.78 is 1.39. The van der Waals surface area contributed by atoms with Gasteiger partial charge in [0.15, 0.2) is 0 Å². The first kappa shape index (κ1) is 14.8. The molecule has 0 fully saturated rings. The third-order valence-corrected chi connectivity index (χ3v) is 3.11. The summed E-state index contributed by atoms with van der Waals surface area (Å²) >= 11 is 0. The van der Waals surface area contributed by atoms with Crippen LogP contribution in [0.4, 0.5) is 5.69 Å². The van der Waals surface area contributed by atoms with Crippen molar-refractivity contribution in [1.82, 2.24) is 9.88 Å². The first-order chi connectivity index (χ1) is 10.1. The highest BCUT2D eigenvalue weighted by molar-refractivity contribution is 5.94. The quantitative estimate of drug-likeness (QED) is 0.877. The average Bonchev–Trinajstić information content (AvgIpc) is 2.49. The van der Waals surface area contributed by atoms with Crippen LogP contribution in [-0.2, 0) is 7.05 Å². The van der Waals surface area contributed by atoms with Crippen LogP contribution in [0.3, 0.4) is 0 Å². The maximum absolute atomic E-state index is 12.1. The Morgan fingerprint density at radius 3 is 2.57 bits per heavy atom. The molecule has 0 spiro atoms. The van der Waals surface area contributed by atoms with E-state index >= 15 is 0 Å². The van der Waals surface area contributed by atoms with E-state index in [1.807, 2.05) is 37.3 Å². The fraction of sp³-hybridized carbons (Fsp3) is 0.250. The van der Waals surface area contributed by atoms with Crippen molar-refractivity contribution >= 4 is 11.6 Å². The van der Waals surface area contributed by atoms with Gasteiger partial charge in [-0.3, -0.25) is 9.59 Å². The van der Waals surface area contributed by atoms with Crippen LogP contribution in [0.1, 0.15) is 17.3 Å². The van der Waals surface area contributed by atoms with E-state index < -0.39 is 0 Å². The lowest BCUT2D eigenvalue weighted by molar-refractivity contribution is 0.0941. The van der Waals surface area contributed by atoms with Gasteiger partial charge < -0.3 is 15.2 Å². The van der Waals surface area contributed by atoms with Gasteiger partial charge in [-0.2, -0.15) is 0 Å². The Labute approximate surface area is 123 Å². The summed E-state index contributed by atoms with van der Waals surface area (Å²) in [6, 6.07) is 12.7. The molecule has 2 aromatic rings. The molecule has 2 rings (SSSR count). The van der Waals surface area contributed by atoms with E-state index in [0.717, 1.165) is 5.69 Å². The van der Waals surface area contributed by atoms with Crippen LogP contribution >= 0.6 is 0 Å². The third-order valence-electron chi connectivity index (χ3n) is 3.11. The van der Waals surface area contributed by atoms with E-state index in [2.05, 4.69) is 10.6 Å². The van der Waals surface area contributed by atoms with Gasteiger partial charge in [0.2, 0.25) is 5.56 Å². The molecule has 1 aromatic heterocycles. The molecule has 1 amide bonds. The normalized spacial score (nSPS) is 11.7. The summed E-state index contributed by atoms with van der Waals surface area (Å²) in [6.45, 7) is 2.55. The minimum Gasteiger partial charge on any atom is -0.383 e. The zero-order valence-corrected chi connectivity index (χ0v) is 12.2. The molecule has 5 nitrogen and oxygen atoms in total. The van der Waals surface area contributed by atoms with E-state index in [1.165, 1.54) is 22.9 Å². The van der Waals surface area contributed by atoms with Crippen molar-refractivity contribution in [1.29, 1.82) is 0 Å². The molecule has 110 valence electrons. The van der Waals surface area contributed by atoms with Gasteiger partial charge >= 0.3 is 0 Å². The Balaban J connectivity index is 1.89. The van der Waals surface area contributed by atoms with Gasteiger partial charge in [-0.25, -0.2) is 0 Å². The number of nitrogens with one attached hydrogen (secondary N) is 2. The number of hydrogen-bond donors (Lipinski definition) is 2. The lowest BCUT2D eigenvalue weighted by Crippen LogP contribution is -2.37. The van der Waals surface area contributed by atoms with Crippen LogP contribution in [0, 0.1) is 0 Å². The number of carbonyl (C=O) groups excluding carboxylic acids is 1. The van der Waals surface area contributed by atoms with Gasteiger partial charge in [0.1, 0.15) is 0 Å². The first-order valence-electron chi connectivity index (χ1n) is 6.83. The number of anilines is 1. The van der Waals surface area contributed by atoms with Crippen molar-refractivity contribution < 1.29 is 4.79 Å². The molecule has 0 aliphatic heterocycles. The second-order valence-corrected chi connectivity index (χ2v) is 4.99. The molecule has 0 aliphatic carbocycles. The maximum Gasteiger partial charge on any atom is 0.253 e. The molecule has 0 saturated heterocycles. The lowest BCUT2D eigenvalue weighted by Gasteiger charge is -2.15. The highest BCUT2D eigenvalue weighted by Crippen LogP contribution is 2.04. The van der Waals surface area contributed by atoms with Gasteiger partial charge in [0.25, 0.3) is 5.91 Å². The summed E-state index contributed by atoms with van der Waals surface area (Å²) in [5, 5.41) is 6.15. The Bertz CT molecular complexity index is 665. The van der Waals surface area contributed by atoms with Crippen LogP contribution < -0.4 is 16.2 Å². The van der Waals surface area contributed by atoms with Gasteiger partial charge in [-0.1, -0.05) is 18.2 Å². The number of benzene rings is 1. The van der Waals surface area contributed by atoms with Crippen molar-refractivity contribution in [2.24, 2.45) is 7.05 Å². The Kier molecular flexibility index (Phi) is 4.77. The molecule has 2 N–H and O–H groups in total. The van der Waals surface area contributed by atoms with E-state index in [1.54, 1.807) is 7.05 Å². The van der Waals surface area contributed by atoms with Crippen LogP contribution in [-0.4, -0.2) is 23.1 Å². The number of rotatable bonds is 5. The van der Waals surface area contributed by atoms with E-state index in [4.69, 9.17) is 0 Å². The number of aromatic nitrogens is 1. The number of pyridine rings is 1. The van der Waals surface area contributed by atoms with Crippen molar-refractivity contribution in [2.75, 3.05) is 11.9 Å². The topological polar surface area (TPSA) is 63.1 Å². The van der Waals surface area contributed by atoms with Crippen molar-refractivity contribution in [2.45, 2.75) is 13.0 Å². The number of hydrogen-bond acceptors (Lipinski definition) is 3. The van der Waals surface area contributed by atoms with Gasteiger partial charge in [-0.05, 0) is 25.1 Å². The van der Waals surface area contributed by atoms with Crippen LogP contribution in [0.2, 0.25) is 0 Å². The van der Waals surface area contributed by atoms with Crippen molar-refractivity contribution in [3.05, 3.63) is 64.6 Å². The Hall–Kier alpha value is -2.56. The van der Waals surface area contributed by atoms with Gasteiger partial charge in [-0.15, -0.1) is 0 Å². The first-order valence-corrected chi connectivity index (χ1v) is 6.83. The molecule has 0 saturated carbocycles. The average molecular weight is 285 g/mol. The summed E-state index contributed by atoms with van der Waals surface area (Å²) in [5.74, 6) is -0.187. The Morgan fingerprint density at radius 1 is 1.19 bits per heavy atom. The maximum atomic E-state index is 12.1. The van der Waals surface area contributed by atoms with Gasteiger partial charge in [0.05, 0.1) is 5.56 Å². The fourth-order valence-electron chi connectivity index (χ4n) is 1.91.